The summed E-state index contributed by atoms with van der Waals surface area (Å²) < 4.78 is 0. The Morgan fingerprint density at radius 1 is 1.13 bits per heavy atom. The SMILES string of the molecule is CCSSC(CC(C)C)c1ccccc1. The van der Waals surface area contributed by atoms with Crippen LogP contribution >= 0.6 is 21.6 Å². The maximum atomic E-state index is 2.30. The summed E-state index contributed by atoms with van der Waals surface area (Å²) in [6.45, 7) is 6.81. The van der Waals surface area contributed by atoms with Crippen molar-refractivity contribution in [1.29, 1.82) is 0 Å². The first-order valence-electron chi connectivity index (χ1n) is 5.57. The molecule has 0 fully saturated rings. The molecule has 15 heavy (non-hydrogen) atoms. The lowest BCUT2D eigenvalue weighted by Gasteiger charge is -2.18. The van der Waals surface area contributed by atoms with E-state index in [9.17, 15) is 0 Å². The van der Waals surface area contributed by atoms with Gasteiger partial charge in [0.25, 0.3) is 0 Å². The highest BCUT2D eigenvalue weighted by Gasteiger charge is 2.13. The molecule has 0 heterocycles. The fraction of sp³-hybridized carbons (Fsp3) is 0.538. The zero-order chi connectivity index (χ0) is 11.1. The molecule has 1 atom stereocenters. The van der Waals surface area contributed by atoms with Gasteiger partial charge >= 0.3 is 0 Å². The first-order chi connectivity index (χ1) is 7.24. The molecule has 1 aromatic rings. The lowest BCUT2D eigenvalue weighted by molar-refractivity contribution is 0.580. The fourth-order valence-electron chi connectivity index (χ4n) is 1.48. The summed E-state index contributed by atoms with van der Waals surface area (Å²) in [6.07, 6.45) is 1.27. The summed E-state index contributed by atoms with van der Waals surface area (Å²) in [5.41, 5.74) is 1.47. The van der Waals surface area contributed by atoms with E-state index in [2.05, 4.69) is 51.1 Å². The molecule has 0 aliphatic heterocycles. The molecule has 84 valence electrons. The summed E-state index contributed by atoms with van der Waals surface area (Å²) >= 11 is 0. The van der Waals surface area contributed by atoms with Gasteiger partial charge in [0, 0.05) is 11.0 Å². The number of benzene rings is 1. The topological polar surface area (TPSA) is 0 Å². The Bertz CT molecular complexity index is 256. The van der Waals surface area contributed by atoms with Gasteiger partial charge in [-0.3, -0.25) is 0 Å². The van der Waals surface area contributed by atoms with Crippen LogP contribution in [0.5, 0.6) is 0 Å². The van der Waals surface area contributed by atoms with Gasteiger partial charge in [-0.25, -0.2) is 0 Å². The highest BCUT2D eigenvalue weighted by Crippen LogP contribution is 2.41. The molecule has 0 aliphatic carbocycles. The van der Waals surface area contributed by atoms with E-state index in [1.807, 2.05) is 21.6 Å². The maximum absolute atomic E-state index is 2.30. The van der Waals surface area contributed by atoms with Crippen molar-refractivity contribution in [3.05, 3.63) is 35.9 Å². The van der Waals surface area contributed by atoms with E-state index in [-0.39, 0.29) is 0 Å². The molecule has 0 spiro atoms. The van der Waals surface area contributed by atoms with Gasteiger partial charge < -0.3 is 0 Å². The molecule has 0 radical (unpaired) electrons. The van der Waals surface area contributed by atoms with Gasteiger partial charge in [0.2, 0.25) is 0 Å². The van der Waals surface area contributed by atoms with Gasteiger partial charge in [0.1, 0.15) is 0 Å². The lowest BCUT2D eigenvalue weighted by Crippen LogP contribution is -1.98. The van der Waals surface area contributed by atoms with E-state index in [4.69, 9.17) is 0 Å². The molecule has 2 heteroatoms. The Hall–Kier alpha value is -0.0800. The van der Waals surface area contributed by atoms with Gasteiger partial charge in [-0.2, -0.15) is 0 Å². The van der Waals surface area contributed by atoms with Crippen molar-refractivity contribution in [2.75, 3.05) is 5.75 Å². The van der Waals surface area contributed by atoms with Crippen LogP contribution in [0, 0.1) is 5.92 Å². The van der Waals surface area contributed by atoms with E-state index in [0.717, 1.165) is 5.92 Å². The highest BCUT2D eigenvalue weighted by atomic mass is 33.1. The second-order valence-electron chi connectivity index (χ2n) is 4.03. The minimum absolute atomic E-state index is 0.649. The second kappa shape index (κ2) is 7.24. The molecule has 1 unspecified atom stereocenters. The van der Waals surface area contributed by atoms with Crippen LogP contribution < -0.4 is 0 Å². The van der Waals surface area contributed by atoms with E-state index in [1.165, 1.54) is 17.7 Å². The molecular weight excluding hydrogens is 220 g/mol. The number of rotatable bonds is 6. The molecule has 1 aromatic carbocycles. The van der Waals surface area contributed by atoms with Gasteiger partial charge in [-0.1, -0.05) is 72.7 Å². The molecule has 0 aromatic heterocycles. The average molecular weight is 240 g/mol. The van der Waals surface area contributed by atoms with Crippen LogP contribution in [0.2, 0.25) is 0 Å². The molecular formula is C13H20S2. The average Bonchev–Trinajstić information content (AvgIpc) is 2.25. The molecule has 0 nitrogen and oxygen atoms in total. The van der Waals surface area contributed by atoms with Crippen LogP contribution in [0.1, 0.15) is 38.0 Å². The summed E-state index contributed by atoms with van der Waals surface area (Å²) in [6, 6.07) is 10.9. The Balaban J connectivity index is 2.63. The van der Waals surface area contributed by atoms with Crippen molar-refractivity contribution in [2.45, 2.75) is 32.4 Å². The third kappa shape index (κ3) is 4.98. The highest BCUT2D eigenvalue weighted by molar-refractivity contribution is 8.76. The van der Waals surface area contributed by atoms with E-state index in [1.54, 1.807) is 0 Å². The first kappa shape index (κ1) is 13.0. The first-order valence-corrected chi connectivity index (χ1v) is 7.95. The largest absolute Gasteiger partial charge is 0.0938 e. The molecule has 1 rings (SSSR count). The van der Waals surface area contributed by atoms with Crippen LogP contribution in [0.15, 0.2) is 30.3 Å². The number of hydrogen-bond acceptors (Lipinski definition) is 2. The Kier molecular flexibility index (Phi) is 6.26. The minimum Gasteiger partial charge on any atom is -0.0938 e. The third-order valence-corrected chi connectivity index (χ3v) is 5.04. The Morgan fingerprint density at radius 3 is 2.33 bits per heavy atom. The quantitative estimate of drug-likeness (QED) is 0.629. The molecule has 0 bridgehead atoms. The van der Waals surface area contributed by atoms with Crippen LogP contribution in [0.25, 0.3) is 0 Å². The normalized spacial score (nSPS) is 13.1. The van der Waals surface area contributed by atoms with E-state index in [0.29, 0.717) is 5.25 Å². The summed E-state index contributed by atoms with van der Waals surface area (Å²) in [7, 11) is 3.99. The number of hydrogen-bond donors (Lipinski definition) is 0. The lowest BCUT2D eigenvalue weighted by atomic mass is 10.0. The molecule has 0 N–H and O–H groups in total. The summed E-state index contributed by atoms with van der Waals surface area (Å²) in [4.78, 5) is 0. The van der Waals surface area contributed by atoms with Crippen molar-refractivity contribution in [3.63, 3.8) is 0 Å². The van der Waals surface area contributed by atoms with Gasteiger partial charge in [0.05, 0.1) is 0 Å². The molecule has 0 amide bonds. The van der Waals surface area contributed by atoms with Crippen molar-refractivity contribution in [3.8, 4) is 0 Å². The van der Waals surface area contributed by atoms with Crippen LogP contribution in [0.3, 0.4) is 0 Å². The van der Waals surface area contributed by atoms with Crippen molar-refractivity contribution in [1.82, 2.24) is 0 Å². The van der Waals surface area contributed by atoms with Crippen molar-refractivity contribution in [2.24, 2.45) is 5.92 Å². The summed E-state index contributed by atoms with van der Waals surface area (Å²) in [5, 5.41) is 0.649. The zero-order valence-corrected chi connectivity index (χ0v) is 11.4. The zero-order valence-electron chi connectivity index (χ0n) is 9.77. The van der Waals surface area contributed by atoms with Gasteiger partial charge in [-0.15, -0.1) is 0 Å². The summed E-state index contributed by atoms with van der Waals surface area (Å²) in [5.74, 6) is 1.95. The Morgan fingerprint density at radius 2 is 1.80 bits per heavy atom. The van der Waals surface area contributed by atoms with Crippen LogP contribution in [0.4, 0.5) is 0 Å². The predicted molar refractivity (Wildman–Crippen MR) is 74.4 cm³/mol. The van der Waals surface area contributed by atoms with Crippen LogP contribution in [-0.4, -0.2) is 5.75 Å². The van der Waals surface area contributed by atoms with Gasteiger partial charge in [-0.05, 0) is 17.9 Å². The minimum atomic E-state index is 0.649. The van der Waals surface area contributed by atoms with Crippen molar-refractivity contribution >= 4 is 21.6 Å². The third-order valence-electron chi connectivity index (χ3n) is 2.16. The van der Waals surface area contributed by atoms with Crippen molar-refractivity contribution < 1.29 is 0 Å². The van der Waals surface area contributed by atoms with E-state index >= 15 is 0 Å². The molecule has 0 aliphatic rings. The predicted octanol–water partition coefficient (Wildman–Crippen LogP) is 5.18. The fourth-order valence-corrected chi connectivity index (χ4v) is 3.98. The van der Waals surface area contributed by atoms with Crippen LogP contribution in [-0.2, 0) is 0 Å². The van der Waals surface area contributed by atoms with Gasteiger partial charge in [0.15, 0.2) is 0 Å². The van der Waals surface area contributed by atoms with E-state index < -0.39 is 0 Å². The smallest absolute Gasteiger partial charge is 0.0403 e. The molecule has 0 saturated heterocycles. The maximum Gasteiger partial charge on any atom is 0.0403 e. The Labute approximate surface area is 102 Å². The molecule has 0 saturated carbocycles. The second-order valence-corrected chi connectivity index (χ2v) is 6.89. The monoisotopic (exact) mass is 240 g/mol. The standard InChI is InChI=1S/C13H20S2/c1-4-14-15-13(10-11(2)3)12-8-6-5-7-9-12/h5-9,11,13H,4,10H2,1-3H3.